The number of hydrogen-bond donors (Lipinski definition) is 1. The highest BCUT2D eigenvalue weighted by molar-refractivity contribution is 7.99. The summed E-state index contributed by atoms with van der Waals surface area (Å²) in [4.78, 5) is 30.2. The van der Waals surface area contributed by atoms with Gasteiger partial charge in [0.25, 0.3) is 11.4 Å². The van der Waals surface area contributed by atoms with Crippen molar-refractivity contribution in [3.63, 3.8) is 0 Å². The number of nitrogens with zero attached hydrogens (tertiary/aromatic N) is 5. The van der Waals surface area contributed by atoms with Gasteiger partial charge in [0.2, 0.25) is 0 Å². The lowest BCUT2D eigenvalue weighted by molar-refractivity contribution is -0.385. The average Bonchev–Trinajstić information content (AvgIpc) is 3.55. The average molecular weight is 653 g/mol. The Hall–Kier alpha value is -5.27. The molecule has 46 heavy (non-hydrogen) atoms. The number of benzene rings is 3. The summed E-state index contributed by atoms with van der Waals surface area (Å²) in [5, 5.41) is 26.5. The van der Waals surface area contributed by atoms with Crippen molar-refractivity contribution >= 4 is 46.2 Å². The highest BCUT2D eigenvalue weighted by Crippen LogP contribution is 2.45. The molecule has 0 aliphatic carbocycles. The van der Waals surface area contributed by atoms with Crippen molar-refractivity contribution < 1.29 is 14.6 Å². The van der Waals surface area contributed by atoms with Crippen LogP contribution in [0.25, 0.3) is 5.69 Å². The summed E-state index contributed by atoms with van der Waals surface area (Å²) >= 11 is 7.45. The Morgan fingerprint density at radius 2 is 1.54 bits per heavy atom. The number of non-ortho nitro benzene ring substituents is 2. The van der Waals surface area contributed by atoms with Crippen LogP contribution < -0.4 is 15.0 Å². The van der Waals surface area contributed by atoms with E-state index in [9.17, 15) is 20.2 Å². The SMILES string of the molecule is COc1cc([N+](=O)[O-])ccc1-n1c(C)cc([C@@H]2[C@@H](c3ccccn3)NC(=S)N2c2ccc(Sc3ccc([N+](=O)[O-])cc3)cc2)c1C. The molecule has 2 atom stereocenters. The fourth-order valence-corrected chi connectivity index (χ4v) is 6.98. The maximum absolute atomic E-state index is 11.4. The molecular weight excluding hydrogens is 625 g/mol. The van der Waals surface area contributed by atoms with Crippen molar-refractivity contribution in [1.82, 2.24) is 14.9 Å². The molecule has 1 aliphatic rings. The van der Waals surface area contributed by atoms with Gasteiger partial charge in [-0.1, -0.05) is 17.8 Å². The van der Waals surface area contributed by atoms with Crippen molar-refractivity contribution in [3.8, 4) is 11.4 Å². The fourth-order valence-electron chi connectivity index (χ4n) is 5.82. The lowest BCUT2D eigenvalue weighted by Gasteiger charge is -2.28. The summed E-state index contributed by atoms with van der Waals surface area (Å²) in [5.41, 5.74) is 5.26. The number of methoxy groups -OCH3 is 1. The number of anilines is 1. The first-order valence-electron chi connectivity index (χ1n) is 14.2. The number of ether oxygens (including phenoxy) is 1. The van der Waals surface area contributed by atoms with Crippen LogP contribution in [0.1, 0.15) is 34.7 Å². The molecule has 232 valence electrons. The third-order valence-electron chi connectivity index (χ3n) is 7.90. The van der Waals surface area contributed by atoms with Crippen molar-refractivity contribution in [1.29, 1.82) is 0 Å². The Kier molecular flexibility index (Phi) is 8.43. The van der Waals surface area contributed by atoms with E-state index in [1.165, 1.54) is 43.1 Å². The molecule has 0 spiro atoms. The van der Waals surface area contributed by atoms with Gasteiger partial charge >= 0.3 is 0 Å². The van der Waals surface area contributed by atoms with Gasteiger partial charge in [-0.3, -0.25) is 25.2 Å². The summed E-state index contributed by atoms with van der Waals surface area (Å²) < 4.78 is 7.63. The Morgan fingerprint density at radius 3 is 2.15 bits per heavy atom. The van der Waals surface area contributed by atoms with E-state index in [1.807, 2.05) is 60.9 Å². The van der Waals surface area contributed by atoms with Crippen LogP contribution in [0.2, 0.25) is 0 Å². The quantitative estimate of drug-likeness (QED) is 0.0963. The van der Waals surface area contributed by atoms with E-state index in [0.29, 0.717) is 16.5 Å². The number of pyridine rings is 1. The normalized spacial score (nSPS) is 15.9. The van der Waals surface area contributed by atoms with Crippen molar-refractivity contribution in [2.75, 3.05) is 12.0 Å². The van der Waals surface area contributed by atoms with E-state index in [0.717, 1.165) is 38.1 Å². The van der Waals surface area contributed by atoms with Crippen LogP contribution in [-0.2, 0) is 0 Å². The second-order valence-electron chi connectivity index (χ2n) is 10.6. The van der Waals surface area contributed by atoms with E-state index < -0.39 is 9.85 Å². The third-order valence-corrected chi connectivity index (χ3v) is 9.23. The molecule has 5 aromatic rings. The largest absolute Gasteiger partial charge is 0.494 e. The summed E-state index contributed by atoms with van der Waals surface area (Å²) in [6, 6.07) is 26.4. The van der Waals surface area contributed by atoms with Gasteiger partial charge < -0.3 is 19.5 Å². The van der Waals surface area contributed by atoms with E-state index in [-0.39, 0.29) is 23.5 Å². The molecule has 3 heterocycles. The molecule has 13 heteroatoms. The lowest BCUT2D eigenvalue weighted by Crippen LogP contribution is -2.29. The molecule has 0 amide bonds. The number of rotatable bonds is 9. The van der Waals surface area contributed by atoms with Crippen LogP contribution in [0.3, 0.4) is 0 Å². The molecule has 2 aromatic heterocycles. The Bertz CT molecular complexity index is 1950. The minimum absolute atomic E-state index is 0.0506. The zero-order valence-electron chi connectivity index (χ0n) is 25.0. The second kappa shape index (κ2) is 12.6. The molecule has 0 unspecified atom stereocenters. The van der Waals surface area contributed by atoms with E-state index in [1.54, 1.807) is 24.4 Å². The van der Waals surface area contributed by atoms with Gasteiger partial charge in [0.1, 0.15) is 5.75 Å². The minimum atomic E-state index is -0.441. The van der Waals surface area contributed by atoms with Gasteiger partial charge in [0.15, 0.2) is 5.11 Å². The fraction of sp³-hybridized carbons (Fsp3) is 0.152. The van der Waals surface area contributed by atoms with E-state index >= 15 is 0 Å². The Morgan fingerprint density at radius 1 is 0.891 bits per heavy atom. The summed E-state index contributed by atoms with van der Waals surface area (Å²) in [6.07, 6.45) is 1.76. The van der Waals surface area contributed by atoms with Crippen LogP contribution in [-0.4, -0.2) is 31.6 Å². The molecule has 3 aromatic carbocycles. The summed E-state index contributed by atoms with van der Waals surface area (Å²) in [6.45, 7) is 4.00. The number of hydrogen-bond acceptors (Lipinski definition) is 8. The topological polar surface area (TPSA) is 129 Å². The van der Waals surface area contributed by atoms with Crippen LogP contribution in [0.15, 0.2) is 107 Å². The van der Waals surface area contributed by atoms with Crippen LogP contribution in [0.4, 0.5) is 17.1 Å². The van der Waals surface area contributed by atoms with Gasteiger partial charge in [0.05, 0.1) is 46.5 Å². The van der Waals surface area contributed by atoms with Crippen LogP contribution >= 0.6 is 24.0 Å². The lowest BCUT2D eigenvalue weighted by atomic mass is 9.96. The Balaban J connectivity index is 1.39. The van der Waals surface area contributed by atoms with E-state index in [4.69, 9.17) is 17.0 Å². The molecule has 1 fully saturated rings. The number of thiocarbonyl (C=S) groups is 1. The van der Waals surface area contributed by atoms with Crippen molar-refractivity contribution in [2.45, 2.75) is 35.7 Å². The second-order valence-corrected chi connectivity index (χ2v) is 12.2. The van der Waals surface area contributed by atoms with Gasteiger partial charge in [-0.15, -0.1) is 0 Å². The standard InChI is InChI=1S/C33H28N6O5S2/c1-20-18-27(21(2)36(20)29-16-11-24(39(42)43)19-30(29)44-3)32-31(28-6-4-5-17-34-28)35-33(45)37(32)22-7-12-25(13-8-22)46-26-14-9-23(10-15-26)38(40)41/h4-19,31-32H,1-3H3,(H,35,45)/t31-,32-/m1/s1. The monoisotopic (exact) mass is 652 g/mol. The smallest absolute Gasteiger partial charge is 0.273 e. The molecule has 1 saturated heterocycles. The third kappa shape index (κ3) is 5.77. The predicted octanol–water partition coefficient (Wildman–Crippen LogP) is 7.64. The number of aryl methyl sites for hydroxylation is 1. The minimum Gasteiger partial charge on any atom is -0.494 e. The Labute approximate surface area is 274 Å². The van der Waals surface area contributed by atoms with Crippen LogP contribution in [0, 0.1) is 34.1 Å². The molecule has 1 aliphatic heterocycles. The van der Waals surface area contributed by atoms with Gasteiger partial charge in [-0.25, -0.2) is 0 Å². The molecular formula is C33H28N6O5S2. The highest BCUT2D eigenvalue weighted by atomic mass is 32.2. The first-order chi connectivity index (χ1) is 22.2. The highest BCUT2D eigenvalue weighted by Gasteiger charge is 2.42. The molecule has 1 N–H and O–H groups in total. The van der Waals surface area contributed by atoms with Gasteiger partial charge in [-0.2, -0.15) is 0 Å². The summed E-state index contributed by atoms with van der Waals surface area (Å²) in [5.74, 6) is 0.391. The summed E-state index contributed by atoms with van der Waals surface area (Å²) in [7, 11) is 1.50. The van der Waals surface area contributed by atoms with Gasteiger partial charge in [-0.05, 0) is 92.3 Å². The first kappa shape index (κ1) is 30.7. The zero-order valence-corrected chi connectivity index (χ0v) is 26.6. The number of nitro groups is 2. The molecule has 11 nitrogen and oxygen atoms in total. The maximum atomic E-state index is 11.4. The number of nitro benzene ring substituents is 2. The number of nitrogens with one attached hydrogen (secondary N) is 1. The molecule has 0 radical (unpaired) electrons. The zero-order chi connectivity index (χ0) is 32.5. The van der Waals surface area contributed by atoms with Crippen molar-refractivity contribution in [3.05, 3.63) is 140 Å². The maximum Gasteiger partial charge on any atom is 0.273 e. The molecule has 0 saturated carbocycles. The van der Waals surface area contributed by atoms with Crippen LogP contribution in [0.5, 0.6) is 5.75 Å². The predicted molar refractivity (Wildman–Crippen MR) is 180 cm³/mol. The molecule has 0 bridgehead atoms. The van der Waals surface area contributed by atoms with Gasteiger partial charge in [0, 0.05) is 51.3 Å². The van der Waals surface area contributed by atoms with E-state index in [2.05, 4.69) is 21.3 Å². The van der Waals surface area contributed by atoms with Crippen molar-refractivity contribution in [2.24, 2.45) is 0 Å². The number of aromatic nitrogens is 2. The first-order valence-corrected chi connectivity index (χ1v) is 15.4. The molecule has 6 rings (SSSR count).